The second-order valence-electron chi connectivity index (χ2n) is 6.06. The predicted molar refractivity (Wildman–Crippen MR) is 62.1 cm³/mol. The second-order valence-corrected chi connectivity index (χ2v) is 6.06. The normalized spacial score (nSPS) is 28.0. The highest BCUT2D eigenvalue weighted by Gasteiger charge is 2.51. The molecule has 1 saturated heterocycles. The van der Waals surface area contributed by atoms with Gasteiger partial charge in [0.25, 0.3) is 0 Å². The fourth-order valence-electron chi connectivity index (χ4n) is 2.38. The average Bonchev–Trinajstić information content (AvgIpc) is 2.70. The van der Waals surface area contributed by atoms with E-state index in [0.29, 0.717) is 0 Å². The van der Waals surface area contributed by atoms with E-state index >= 15 is 0 Å². The van der Waals surface area contributed by atoms with Crippen LogP contribution in [0.1, 0.15) is 46.5 Å². The Balaban J connectivity index is 2.00. The minimum atomic E-state index is -0.421. The molecule has 2 N–H and O–H groups in total. The highest BCUT2D eigenvalue weighted by Crippen LogP contribution is 2.42. The monoisotopic (exact) mass is 226 g/mol. The number of amides is 1. The lowest BCUT2D eigenvalue weighted by Crippen LogP contribution is -2.49. The summed E-state index contributed by atoms with van der Waals surface area (Å²) < 4.78 is 5.41. The van der Waals surface area contributed by atoms with Crippen LogP contribution in [0.4, 0.5) is 4.79 Å². The van der Waals surface area contributed by atoms with Gasteiger partial charge in [-0.25, -0.2) is 4.79 Å². The van der Waals surface area contributed by atoms with Gasteiger partial charge in [-0.1, -0.05) is 0 Å². The van der Waals surface area contributed by atoms with E-state index in [4.69, 9.17) is 10.5 Å². The number of nitrogens with zero attached hydrogens (tertiary/aromatic N) is 1. The van der Waals surface area contributed by atoms with Crippen LogP contribution in [-0.2, 0) is 4.74 Å². The number of hydrogen-bond acceptors (Lipinski definition) is 3. The van der Waals surface area contributed by atoms with Crippen LogP contribution in [0.15, 0.2) is 0 Å². The van der Waals surface area contributed by atoms with Gasteiger partial charge >= 0.3 is 6.09 Å². The predicted octanol–water partition coefficient (Wildman–Crippen LogP) is 1.88. The van der Waals surface area contributed by atoms with E-state index in [0.717, 1.165) is 32.2 Å². The summed E-state index contributed by atoms with van der Waals surface area (Å²) in [5, 5.41) is 0. The van der Waals surface area contributed by atoms with Crippen LogP contribution < -0.4 is 5.73 Å². The molecule has 1 saturated carbocycles. The maximum atomic E-state index is 12.0. The third kappa shape index (κ3) is 2.32. The molecule has 2 aliphatic rings. The Kier molecular flexibility index (Phi) is 2.65. The third-order valence-electron chi connectivity index (χ3n) is 3.37. The summed E-state index contributed by atoms with van der Waals surface area (Å²) in [5.74, 6) is 0. The van der Waals surface area contributed by atoms with E-state index in [1.807, 2.05) is 25.7 Å². The standard InChI is InChI=1S/C12H22N2O2/c1-11(2,3)16-10(15)14-8-4-5-9(14)12(13)6-7-12/h9H,4-8,13H2,1-3H3. The van der Waals surface area contributed by atoms with Crippen molar-refractivity contribution in [2.24, 2.45) is 5.73 Å². The molecule has 1 aliphatic heterocycles. The summed E-state index contributed by atoms with van der Waals surface area (Å²) in [4.78, 5) is 13.8. The first-order valence-electron chi connectivity index (χ1n) is 6.10. The molecule has 4 heteroatoms. The Labute approximate surface area is 97.1 Å². The number of nitrogens with two attached hydrogens (primary N) is 1. The van der Waals surface area contributed by atoms with Crippen molar-refractivity contribution in [1.82, 2.24) is 4.90 Å². The van der Waals surface area contributed by atoms with E-state index in [-0.39, 0.29) is 17.7 Å². The zero-order valence-electron chi connectivity index (χ0n) is 10.5. The fourth-order valence-corrected chi connectivity index (χ4v) is 2.38. The molecule has 1 atom stereocenters. The fraction of sp³-hybridized carbons (Fsp3) is 0.917. The highest BCUT2D eigenvalue weighted by atomic mass is 16.6. The van der Waals surface area contributed by atoms with Gasteiger partial charge in [0, 0.05) is 12.1 Å². The Morgan fingerprint density at radius 3 is 2.56 bits per heavy atom. The van der Waals surface area contributed by atoms with E-state index in [2.05, 4.69) is 0 Å². The van der Waals surface area contributed by atoms with Crippen LogP contribution in [0.5, 0.6) is 0 Å². The van der Waals surface area contributed by atoms with Gasteiger partial charge in [0.05, 0.1) is 6.04 Å². The molecule has 1 unspecified atom stereocenters. The van der Waals surface area contributed by atoms with Crippen molar-refractivity contribution < 1.29 is 9.53 Å². The minimum Gasteiger partial charge on any atom is -0.444 e. The van der Waals surface area contributed by atoms with Crippen LogP contribution in [0.2, 0.25) is 0 Å². The van der Waals surface area contributed by atoms with E-state index < -0.39 is 5.60 Å². The van der Waals surface area contributed by atoms with Gasteiger partial charge in [-0.15, -0.1) is 0 Å². The van der Waals surface area contributed by atoms with Crippen molar-refractivity contribution in [3.63, 3.8) is 0 Å². The zero-order valence-corrected chi connectivity index (χ0v) is 10.5. The number of likely N-dealkylation sites (tertiary alicyclic amines) is 1. The summed E-state index contributed by atoms with van der Waals surface area (Å²) in [7, 11) is 0. The third-order valence-corrected chi connectivity index (χ3v) is 3.37. The number of carbonyl (C=O) groups is 1. The molecule has 1 amide bonds. The Hall–Kier alpha value is -0.770. The van der Waals surface area contributed by atoms with Gasteiger partial charge in [-0.3, -0.25) is 0 Å². The lowest BCUT2D eigenvalue weighted by Gasteiger charge is -2.31. The molecule has 16 heavy (non-hydrogen) atoms. The van der Waals surface area contributed by atoms with Crippen molar-refractivity contribution in [2.75, 3.05) is 6.54 Å². The van der Waals surface area contributed by atoms with Gasteiger partial charge in [0.2, 0.25) is 0 Å². The molecule has 0 spiro atoms. The summed E-state index contributed by atoms with van der Waals surface area (Å²) in [5.41, 5.74) is 5.66. The van der Waals surface area contributed by atoms with Crippen molar-refractivity contribution in [3.05, 3.63) is 0 Å². The number of hydrogen-bond donors (Lipinski definition) is 1. The molecule has 1 aliphatic carbocycles. The van der Waals surface area contributed by atoms with Crippen molar-refractivity contribution >= 4 is 6.09 Å². The van der Waals surface area contributed by atoms with Crippen LogP contribution in [0.25, 0.3) is 0 Å². The summed E-state index contributed by atoms with van der Waals surface area (Å²) in [6, 6.07) is 0.197. The first kappa shape index (κ1) is 11.7. The summed E-state index contributed by atoms with van der Waals surface area (Å²) in [6.07, 6.45) is 3.94. The summed E-state index contributed by atoms with van der Waals surface area (Å²) >= 11 is 0. The molecular weight excluding hydrogens is 204 g/mol. The average molecular weight is 226 g/mol. The molecular formula is C12H22N2O2. The first-order valence-corrected chi connectivity index (χ1v) is 6.10. The van der Waals surface area contributed by atoms with Gasteiger partial charge in [-0.2, -0.15) is 0 Å². The maximum absolute atomic E-state index is 12.0. The van der Waals surface area contributed by atoms with Gasteiger partial charge < -0.3 is 15.4 Å². The lowest BCUT2D eigenvalue weighted by molar-refractivity contribution is 0.0198. The molecule has 2 fully saturated rings. The van der Waals surface area contributed by atoms with Crippen molar-refractivity contribution in [1.29, 1.82) is 0 Å². The number of carbonyl (C=O) groups excluding carboxylic acids is 1. The molecule has 0 aromatic rings. The second kappa shape index (κ2) is 3.62. The maximum Gasteiger partial charge on any atom is 0.410 e. The molecule has 0 aromatic heterocycles. The lowest BCUT2D eigenvalue weighted by atomic mass is 10.1. The van der Waals surface area contributed by atoms with Crippen LogP contribution in [0, 0.1) is 0 Å². The van der Waals surface area contributed by atoms with Crippen molar-refractivity contribution in [2.45, 2.75) is 63.6 Å². The van der Waals surface area contributed by atoms with Gasteiger partial charge in [0.1, 0.15) is 5.60 Å². The molecule has 2 rings (SSSR count). The van der Waals surface area contributed by atoms with E-state index in [1.165, 1.54) is 0 Å². The number of rotatable bonds is 1. The van der Waals surface area contributed by atoms with E-state index in [9.17, 15) is 4.79 Å². The molecule has 92 valence electrons. The molecule has 1 heterocycles. The van der Waals surface area contributed by atoms with Gasteiger partial charge in [-0.05, 0) is 46.5 Å². The van der Waals surface area contributed by atoms with Crippen LogP contribution in [0.3, 0.4) is 0 Å². The van der Waals surface area contributed by atoms with E-state index in [1.54, 1.807) is 0 Å². The van der Waals surface area contributed by atoms with Crippen molar-refractivity contribution in [3.8, 4) is 0 Å². The smallest absolute Gasteiger partial charge is 0.410 e. The van der Waals surface area contributed by atoms with Crippen LogP contribution in [-0.4, -0.2) is 34.7 Å². The topological polar surface area (TPSA) is 55.6 Å². The SMILES string of the molecule is CC(C)(C)OC(=O)N1CCCC1C1(N)CC1. The summed E-state index contributed by atoms with van der Waals surface area (Å²) in [6.45, 7) is 6.47. The molecule has 0 aromatic carbocycles. The molecule has 4 nitrogen and oxygen atoms in total. The van der Waals surface area contributed by atoms with Gasteiger partial charge in [0.15, 0.2) is 0 Å². The number of ether oxygens (including phenoxy) is 1. The Bertz CT molecular complexity index is 292. The molecule has 0 radical (unpaired) electrons. The first-order chi connectivity index (χ1) is 7.32. The quantitative estimate of drug-likeness (QED) is 0.742. The molecule has 0 bridgehead atoms. The Morgan fingerprint density at radius 1 is 1.44 bits per heavy atom. The Morgan fingerprint density at radius 2 is 2.06 bits per heavy atom. The van der Waals surface area contributed by atoms with Crippen LogP contribution >= 0.6 is 0 Å². The highest BCUT2D eigenvalue weighted by molar-refractivity contribution is 5.69. The largest absolute Gasteiger partial charge is 0.444 e. The zero-order chi connectivity index (χ0) is 12.0. The minimum absolute atomic E-state index is 0.118.